The summed E-state index contributed by atoms with van der Waals surface area (Å²) in [5, 5.41) is 0. The summed E-state index contributed by atoms with van der Waals surface area (Å²) in [6, 6.07) is 0.0309. The zero-order chi connectivity index (χ0) is 12.6. The van der Waals surface area contributed by atoms with E-state index in [2.05, 4.69) is 18.6 Å². The van der Waals surface area contributed by atoms with Crippen LogP contribution in [0.3, 0.4) is 0 Å². The van der Waals surface area contributed by atoms with Crippen molar-refractivity contribution in [1.82, 2.24) is 4.72 Å². The van der Waals surface area contributed by atoms with Crippen LogP contribution in [0.4, 0.5) is 0 Å². The van der Waals surface area contributed by atoms with Gasteiger partial charge >= 0.3 is 0 Å². The Morgan fingerprint density at radius 1 is 1.12 bits per heavy atom. The van der Waals surface area contributed by atoms with Crippen molar-refractivity contribution >= 4 is 21.6 Å². The van der Waals surface area contributed by atoms with E-state index in [9.17, 15) is 8.42 Å². The van der Waals surface area contributed by atoms with Gasteiger partial charge in [0.15, 0.2) is 0 Å². The van der Waals surface area contributed by atoms with Gasteiger partial charge in [-0.05, 0) is 38.5 Å². The van der Waals surface area contributed by atoms with Crippen molar-refractivity contribution < 1.29 is 8.42 Å². The lowest BCUT2D eigenvalue weighted by Gasteiger charge is -2.15. The molecular weight excluding hydrogens is 246 g/mol. The van der Waals surface area contributed by atoms with Gasteiger partial charge in [-0.15, -0.1) is 11.6 Å². The first kappa shape index (κ1) is 16.2. The van der Waals surface area contributed by atoms with Crippen LogP contribution in [0.25, 0.3) is 0 Å². The van der Waals surface area contributed by atoms with Gasteiger partial charge in [-0.3, -0.25) is 0 Å². The van der Waals surface area contributed by atoms with Crippen molar-refractivity contribution in [3.8, 4) is 0 Å². The fourth-order valence-corrected chi connectivity index (χ4v) is 3.02. The molecule has 0 rings (SSSR count). The van der Waals surface area contributed by atoms with Gasteiger partial charge in [0.25, 0.3) is 0 Å². The van der Waals surface area contributed by atoms with Crippen molar-refractivity contribution in [3.05, 3.63) is 0 Å². The van der Waals surface area contributed by atoms with Crippen LogP contribution in [0.1, 0.15) is 46.5 Å². The van der Waals surface area contributed by atoms with Gasteiger partial charge in [0.05, 0.1) is 5.75 Å². The van der Waals surface area contributed by atoms with Crippen molar-refractivity contribution in [2.75, 3.05) is 11.6 Å². The Bertz CT molecular complexity index is 265. The Morgan fingerprint density at radius 2 is 1.75 bits per heavy atom. The zero-order valence-corrected chi connectivity index (χ0v) is 12.1. The Hall–Kier alpha value is 0.200. The molecule has 98 valence electrons. The Labute approximate surface area is 105 Å². The molecule has 0 fully saturated rings. The van der Waals surface area contributed by atoms with E-state index in [1.54, 1.807) is 0 Å². The van der Waals surface area contributed by atoms with Crippen LogP contribution in [-0.4, -0.2) is 26.1 Å². The average Bonchev–Trinajstić information content (AvgIpc) is 2.14. The molecule has 0 aliphatic rings. The molecule has 16 heavy (non-hydrogen) atoms. The third kappa shape index (κ3) is 9.43. The standard InChI is InChI=1S/C11H24ClNO2S/c1-10(2)6-7-11(3)13-16(14,15)9-5-4-8-12/h10-11,13H,4-9H2,1-3H3. The minimum absolute atomic E-state index is 0.0309. The first-order valence-electron chi connectivity index (χ1n) is 5.93. The van der Waals surface area contributed by atoms with Crippen molar-refractivity contribution in [2.45, 2.75) is 52.5 Å². The van der Waals surface area contributed by atoms with Gasteiger partial charge < -0.3 is 0 Å². The molecule has 0 spiro atoms. The number of alkyl halides is 1. The number of rotatable bonds is 9. The van der Waals surface area contributed by atoms with Crippen molar-refractivity contribution in [1.29, 1.82) is 0 Å². The molecule has 0 heterocycles. The number of unbranched alkanes of at least 4 members (excludes halogenated alkanes) is 1. The molecule has 1 N–H and O–H groups in total. The van der Waals surface area contributed by atoms with Crippen LogP contribution in [0.2, 0.25) is 0 Å². The topological polar surface area (TPSA) is 46.2 Å². The summed E-state index contributed by atoms with van der Waals surface area (Å²) < 4.78 is 25.9. The van der Waals surface area contributed by atoms with Crippen LogP contribution in [0.5, 0.6) is 0 Å². The van der Waals surface area contributed by atoms with Gasteiger partial charge in [-0.1, -0.05) is 13.8 Å². The zero-order valence-electron chi connectivity index (χ0n) is 10.5. The van der Waals surface area contributed by atoms with E-state index >= 15 is 0 Å². The predicted molar refractivity (Wildman–Crippen MR) is 70.4 cm³/mol. The van der Waals surface area contributed by atoms with Gasteiger partial charge in [0.1, 0.15) is 0 Å². The fraction of sp³-hybridized carbons (Fsp3) is 1.00. The summed E-state index contributed by atoms with van der Waals surface area (Å²) in [6.45, 7) is 6.20. The lowest BCUT2D eigenvalue weighted by molar-refractivity contribution is 0.485. The molecule has 0 aromatic heterocycles. The SMILES string of the molecule is CC(C)CCC(C)NS(=O)(=O)CCCCCl. The summed E-state index contributed by atoms with van der Waals surface area (Å²) in [5.41, 5.74) is 0. The third-order valence-corrected chi connectivity index (χ3v) is 4.21. The molecule has 0 bridgehead atoms. The number of hydrogen-bond donors (Lipinski definition) is 1. The van der Waals surface area contributed by atoms with E-state index in [0.717, 1.165) is 19.3 Å². The molecule has 0 aliphatic heterocycles. The van der Waals surface area contributed by atoms with E-state index in [4.69, 9.17) is 11.6 Å². The minimum Gasteiger partial charge on any atom is -0.212 e. The Balaban J connectivity index is 3.86. The first-order chi connectivity index (χ1) is 7.37. The maximum Gasteiger partial charge on any atom is 0.211 e. The molecule has 0 saturated heterocycles. The fourth-order valence-electron chi connectivity index (χ4n) is 1.39. The molecule has 0 aliphatic carbocycles. The van der Waals surface area contributed by atoms with Crippen LogP contribution in [0, 0.1) is 5.92 Å². The molecule has 3 nitrogen and oxygen atoms in total. The molecular formula is C11H24ClNO2S. The number of sulfonamides is 1. The minimum atomic E-state index is -3.11. The second-order valence-corrected chi connectivity index (χ2v) is 6.96. The van der Waals surface area contributed by atoms with E-state index in [1.807, 2.05) is 6.92 Å². The van der Waals surface area contributed by atoms with Crippen molar-refractivity contribution in [2.24, 2.45) is 5.92 Å². The highest BCUT2D eigenvalue weighted by molar-refractivity contribution is 7.89. The van der Waals surface area contributed by atoms with E-state index < -0.39 is 10.0 Å². The summed E-state index contributed by atoms with van der Waals surface area (Å²) >= 11 is 5.51. The molecule has 0 saturated carbocycles. The molecule has 0 radical (unpaired) electrons. The number of halogens is 1. The summed E-state index contributed by atoms with van der Waals surface area (Å²) in [5.74, 6) is 1.33. The third-order valence-electron chi connectivity index (χ3n) is 2.35. The van der Waals surface area contributed by atoms with Gasteiger partial charge in [-0.2, -0.15) is 0 Å². The monoisotopic (exact) mass is 269 g/mol. The van der Waals surface area contributed by atoms with Crippen LogP contribution >= 0.6 is 11.6 Å². The van der Waals surface area contributed by atoms with Crippen LogP contribution < -0.4 is 4.72 Å². The van der Waals surface area contributed by atoms with Crippen LogP contribution in [0.15, 0.2) is 0 Å². The molecule has 5 heteroatoms. The Morgan fingerprint density at radius 3 is 2.25 bits per heavy atom. The van der Waals surface area contributed by atoms with E-state index in [-0.39, 0.29) is 11.8 Å². The highest BCUT2D eigenvalue weighted by Gasteiger charge is 2.13. The van der Waals surface area contributed by atoms with E-state index in [1.165, 1.54) is 0 Å². The highest BCUT2D eigenvalue weighted by atomic mass is 35.5. The van der Waals surface area contributed by atoms with E-state index in [0.29, 0.717) is 18.2 Å². The molecule has 0 aromatic rings. The second kappa shape index (κ2) is 8.31. The Kier molecular flexibility index (Phi) is 8.42. The normalized spacial score (nSPS) is 14.3. The predicted octanol–water partition coefficient (Wildman–Crippen LogP) is 2.75. The molecule has 0 aromatic carbocycles. The first-order valence-corrected chi connectivity index (χ1v) is 8.12. The number of hydrogen-bond acceptors (Lipinski definition) is 2. The molecule has 1 atom stereocenters. The highest BCUT2D eigenvalue weighted by Crippen LogP contribution is 2.07. The lowest BCUT2D eigenvalue weighted by atomic mass is 10.1. The summed E-state index contributed by atoms with van der Waals surface area (Å²) in [7, 11) is -3.11. The van der Waals surface area contributed by atoms with Gasteiger partial charge in [0.2, 0.25) is 10.0 Å². The van der Waals surface area contributed by atoms with Gasteiger partial charge in [0, 0.05) is 11.9 Å². The quantitative estimate of drug-likeness (QED) is 0.517. The van der Waals surface area contributed by atoms with Crippen LogP contribution in [-0.2, 0) is 10.0 Å². The van der Waals surface area contributed by atoms with Crippen molar-refractivity contribution in [3.63, 3.8) is 0 Å². The van der Waals surface area contributed by atoms with Gasteiger partial charge in [-0.25, -0.2) is 13.1 Å². The largest absolute Gasteiger partial charge is 0.212 e. The molecule has 0 amide bonds. The summed E-state index contributed by atoms with van der Waals surface area (Å²) in [4.78, 5) is 0. The lowest BCUT2D eigenvalue weighted by Crippen LogP contribution is -2.34. The second-order valence-electron chi connectivity index (χ2n) is 4.71. The maximum atomic E-state index is 11.6. The maximum absolute atomic E-state index is 11.6. The average molecular weight is 270 g/mol. The molecule has 1 unspecified atom stereocenters. The number of nitrogens with one attached hydrogen (secondary N) is 1. The summed E-state index contributed by atoms with van der Waals surface area (Å²) in [6.07, 6.45) is 3.33. The smallest absolute Gasteiger partial charge is 0.211 e.